The maximum atomic E-state index is 12.1. The molecular formula is C14H19BrN2O. The molecule has 1 saturated carbocycles. The van der Waals surface area contributed by atoms with Crippen molar-refractivity contribution in [3.05, 3.63) is 28.2 Å². The summed E-state index contributed by atoms with van der Waals surface area (Å²) in [6.07, 6.45) is 4.85. The third-order valence-corrected chi connectivity index (χ3v) is 4.52. The highest BCUT2D eigenvalue weighted by Gasteiger charge is 2.41. The van der Waals surface area contributed by atoms with Crippen molar-refractivity contribution in [3.63, 3.8) is 0 Å². The van der Waals surface area contributed by atoms with Crippen LogP contribution in [-0.4, -0.2) is 12.5 Å². The van der Waals surface area contributed by atoms with E-state index in [9.17, 15) is 4.79 Å². The van der Waals surface area contributed by atoms with Gasteiger partial charge in [-0.05, 0) is 52.7 Å². The van der Waals surface area contributed by atoms with Crippen LogP contribution in [-0.2, 0) is 0 Å². The molecule has 18 heavy (non-hydrogen) atoms. The number of carbonyl (C=O) groups excluding carboxylic acids is 1. The first kappa shape index (κ1) is 13.4. The van der Waals surface area contributed by atoms with Gasteiger partial charge in [-0.15, -0.1) is 0 Å². The third kappa shape index (κ3) is 2.86. The molecular weight excluding hydrogens is 292 g/mol. The van der Waals surface area contributed by atoms with Crippen LogP contribution in [0.2, 0.25) is 0 Å². The van der Waals surface area contributed by atoms with Gasteiger partial charge in [0, 0.05) is 12.2 Å². The number of nitrogens with one attached hydrogen (secondary N) is 1. The molecule has 0 radical (unpaired) electrons. The molecule has 4 heteroatoms. The van der Waals surface area contributed by atoms with E-state index in [1.165, 1.54) is 25.7 Å². The molecule has 0 unspecified atom stereocenters. The van der Waals surface area contributed by atoms with Crippen LogP contribution in [0.25, 0.3) is 0 Å². The second kappa shape index (κ2) is 5.31. The van der Waals surface area contributed by atoms with E-state index >= 15 is 0 Å². The molecule has 0 atom stereocenters. The molecule has 98 valence electrons. The monoisotopic (exact) mass is 310 g/mol. The van der Waals surface area contributed by atoms with Gasteiger partial charge in [0.05, 0.1) is 10.0 Å². The Kier molecular flexibility index (Phi) is 3.95. The van der Waals surface area contributed by atoms with Gasteiger partial charge in [0.15, 0.2) is 0 Å². The summed E-state index contributed by atoms with van der Waals surface area (Å²) in [6, 6.07) is 5.36. The quantitative estimate of drug-likeness (QED) is 0.819. The molecule has 0 aromatic heterocycles. The number of rotatable bonds is 5. The lowest BCUT2D eigenvalue weighted by Crippen LogP contribution is -2.30. The van der Waals surface area contributed by atoms with Gasteiger partial charge in [-0.2, -0.15) is 0 Å². The topological polar surface area (TPSA) is 55.1 Å². The minimum absolute atomic E-state index is 0.0449. The number of benzene rings is 1. The SMILES string of the molecule is CCCC1(CNC(=O)c2cccc(N)c2Br)CC1. The minimum Gasteiger partial charge on any atom is -0.398 e. The van der Waals surface area contributed by atoms with E-state index < -0.39 is 0 Å². The zero-order valence-corrected chi connectivity index (χ0v) is 12.2. The largest absolute Gasteiger partial charge is 0.398 e. The Bertz CT molecular complexity index is 455. The molecule has 2 rings (SSSR count). The third-order valence-electron chi connectivity index (χ3n) is 3.63. The van der Waals surface area contributed by atoms with Crippen molar-refractivity contribution in [1.29, 1.82) is 0 Å². The van der Waals surface area contributed by atoms with Crippen LogP contribution >= 0.6 is 15.9 Å². The minimum atomic E-state index is -0.0449. The van der Waals surface area contributed by atoms with Crippen molar-refractivity contribution >= 4 is 27.5 Å². The zero-order valence-electron chi connectivity index (χ0n) is 10.6. The molecule has 1 amide bonds. The highest BCUT2D eigenvalue weighted by Crippen LogP contribution is 2.48. The van der Waals surface area contributed by atoms with E-state index in [-0.39, 0.29) is 5.91 Å². The number of halogens is 1. The summed E-state index contributed by atoms with van der Waals surface area (Å²) in [5.74, 6) is -0.0449. The fourth-order valence-electron chi connectivity index (χ4n) is 2.31. The highest BCUT2D eigenvalue weighted by atomic mass is 79.9. The number of anilines is 1. The summed E-state index contributed by atoms with van der Waals surface area (Å²) in [5.41, 5.74) is 7.35. The van der Waals surface area contributed by atoms with Crippen LogP contribution in [0.4, 0.5) is 5.69 Å². The van der Waals surface area contributed by atoms with Gasteiger partial charge < -0.3 is 11.1 Å². The van der Waals surface area contributed by atoms with Crippen molar-refractivity contribution in [3.8, 4) is 0 Å². The molecule has 3 nitrogen and oxygen atoms in total. The molecule has 1 aromatic carbocycles. The lowest BCUT2D eigenvalue weighted by molar-refractivity contribution is 0.0943. The number of nitrogens with two attached hydrogens (primary N) is 1. The van der Waals surface area contributed by atoms with Crippen molar-refractivity contribution in [2.24, 2.45) is 5.41 Å². The Balaban J connectivity index is 1.98. The average Bonchev–Trinajstić information content (AvgIpc) is 3.11. The van der Waals surface area contributed by atoms with Crippen LogP contribution in [0.15, 0.2) is 22.7 Å². The predicted molar refractivity (Wildman–Crippen MR) is 77.5 cm³/mol. The summed E-state index contributed by atoms with van der Waals surface area (Å²) < 4.78 is 0.683. The number of nitrogen functional groups attached to an aromatic ring is 1. The van der Waals surface area contributed by atoms with Crippen molar-refractivity contribution < 1.29 is 4.79 Å². The molecule has 0 spiro atoms. The molecule has 1 aliphatic carbocycles. The number of hydrogen-bond donors (Lipinski definition) is 2. The van der Waals surface area contributed by atoms with E-state index in [0.29, 0.717) is 21.1 Å². The maximum Gasteiger partial charge on any atom is 0.252 e. The van der Waals surface area contributed by atoms with Crippen LogP contribution in [0.3, 0.4) is 0 Å². The number of amides is 1. The second-order valence-corrected chi connectivity index (χ2v) is 5.93. The Morgan fingerprint density at radius 1 is 1.50 bits per heavy atom. The van der Waals surface area contributed by atoms with Gasteiger partial charge >= 0.3 is 0 Å². The van der Waals surface area contributed by atoms with Gasteiger partial charge in [-0.25, -0.2) is 0 Å². The smallest absolute Gasteiger partial charge is 0.252 e. The predicted octanol–water partition coefficient (Wildman–Crippen LogP) is 3.34. The van der Waals surface area contributed by atoms with Crippen LogP contribution in [0.1, 0.15) is 43.0 Å². The summed E-state index contributed by atoms with van der Waals surface area (Å²) in [5, 5.41) is 3.03. The Morgan fingerprint density at radius 2 is 2.22 bits per heavy atom. The van der Waals surface area contributed by atoms with E-state index in [0.717, 1.165) is 6.54 Å². The first-order chi connectivity index (χ1) is 8.58. The summed E-state index contributed by atoms with van der Waals surface area (Å²) in [4.78, 5) is 12.1. The van der Waals surface area contributed by atoms with Gasteiger partial charge in [-0.3, -0.25) is 4.79 Å². The molecule has 0 bridgehead atoms. The maximum absolute atomic E-state index is 12.1. The van der Waals surface area contributed by atoms with Crippen LogP contribution in [0.5, 0.6) is 0 Å². The van der Waals surface area contributed by atoms with Gasteiger partial charge in [0.1, 0.15) is 0 Å². The fraction of sp³-hybridized carbons (Fsp3) is 0.500. The Labute approximate surface area is 116 Å². The molecule has 0 aliphatic heterocycles. The normalized spacial score (nSPS) is 16.3. The molecule has 3 N–H and O–H groups in total. The fourth-order valence-corrected chi connectivity index (χ4v) is 2.75. The van der Waals surface area contributed by atoms with E-state index in [4.69, 9.17) is 5.73 Å². The van der Waals surface area contributed by atoms with E-state index in [1.807, 2.05) is 0 Å². The zero-order chi connectivity index (χ0) is 13.2. The summed E-state index contributed by atoms with van der Waals surface area (Å²) in [6.45, 7) is 2.97. The molecule has 1 fully saturated rings. The number of carbonyl (C=O) groups is 1. The lowest BCUT2D eigenvalue weighted by atomic mass is 10.0. The van der Waals surface area contributed by atoms with Gasteiger partial charge in [-0.1, -0.05) is 19.4 Å². The Hall–Kier alpha value is -1.03. The summed E-state index contributed by atoms with van der Waals surface area (Å²) >= 11 is 3.36. The first-order valence-electron chi connectivity index (χ1n) is 6.40. The van der Waals surface area contributed by atoms with Crippen LogP contribution < -0.4 is 11.1 Å². The average molecular weight is 311 g/mol. The molecule has 1 aliphatic rings. The lowest BCUT2D eigenvalue weighted by Gasteiger charge is -2.15. The molecule has 0 saturated heterocycles. The van der Waals surface area contributed by atoms with Crippen molar-refractivity contribution in [2.75, 3.05) is 12.3 Å². The second-order valence-electron chi connectivity index (χ2n) is 5.14. The van der Waals surface area contributed by atoms with Gasteiger partial charge in [0.2, 0.25) is 0 Å². The Morgan fingerprint density at radius 3 is 2.83 bits per heavy atom. The van der Waals surface area contributed by atoms with Gasteiger partial charge in [0.25, 0.3) is 5.91 Å². The first-order valence-corrected chi connectivity index (χ1v) is 7.19. The van der Waals surface area contributed by atoms with Crippen molar-refractivity contribution in [1.82, 2.24) is 5.32 Å². The highest BCUT2D eigenvalue weighted by molar-refractivity contribution is 9.10. The van der Waals surface area contributed by atoms with Crippen molar-refractivity contribution in [2.45, 2.75) is 32.6 Å². The summed E-state index contributed by atoms with van der Waals surface area (Å²) in [7, 11) is 0. The molecule has 1 aromatic rings. The standard InChI is InChI=1S/C14H19BrN2O/c1-2-6-14(7-8-14)9-17-13(18)10-4-3-5-11(16)12(10)15/h3-5H,2,6-9,16H2,1H3,(H,17,18). The number of hydrogen-bond acceptors (Lipinski definition) is 2. The van der Waals surface area contributed by atoms with E-state index in [2.05, 4.69) is 28.2 Å². The van der Waals surface area contributed by atoms with E-state index in [1.54, 1.807) is 18.2 Å². The van der Waals surface area contributed by atoms with Crippen LogP contribution in [0, 0.1) is 5.41 Å². The molecule has 0 heterocycles.